The van der Waals surface area contributed by atoms with Gasteiger partial charge in [0.2, 0.25) is 0 Å². The van der Waals surface area contributed by atoms with E-state index in [4.69, 9.17) is 11.6 Å². The zero-order valence-corrected chi connectivity index (χ0v) is 12.8. The first kappa shape index (κ1) is 15.9. The number of aryl methyl sites for hydroxylation is 1. The molecule has 5 nitrogen and oxygen atoms in total. The highest BCUT2D eigenvalue weighted by molar-refractivity contribution is 6.30. The minimum atomic E-state index is -0.291. The number of hydrogen-bond donors (Lipinski definition) is 3. The molecule has 0 unspecified atom stereocenters. The van der Waals surface area contributed by atoms with Crippen LogP contribution in [0.5, 0.6) is 5.75 Å². The molecule has 6 heteroatoms. The number of aromatic hydroxyl groups is 1. The molecule has 0 radical (unpaired) electrons. The molecule has 0 aliphatic heterocycles. The standard InChI is InChI=1S/C16H16ClN3O2/c1-11-8-13(17)6-7-14(11)18-10-16(22)20-19-9-12-4-2-3-5-15(12)21/h2-9,18,21H,10H2,1H3,(H,20,22)/b19-9+. The molecule has 0 fully saturated rings. The van der Waals surface area contributed by atoms with Gasteiger partial charge in [-0.2, -0.15) is 5.10 Å². The van der Waals surface area contributed by atoms with Gasteiger partial charge in [-0.3, -0.25) is 4.79 Å². The largest absolute Gasteiger partial charge is 0.507 e. The molecule has 114 valence electrons. The number of phenols is 1. The van der Waals surface area contributed by atoms with Crippen LogP contribution in [0.15, 0.2) is 47.6 Å². The topological polar surface area (TPSA) is 73.7 Å². The number of hydrogen-bond acceptors (Lipinski definition) is 4. The number of para-hydroxylation sites is 1. The van der Waals surface area contributed by atoms with Crippen LogP contribution in [0.4, 0.5) is 5.69 Å². The average Bonchev–Trinajstić information content (AvgIpc) is 2.48. The quantitative estimate of drug-likeness (QED) is 0.586. The van der Waals surface area contributed by atoms with Crippen LogP contribution in [0.2, 0.25) is 5.02 Å². The van der Waals surface area contributed by atoms with E-state index in [0.717, 1.165) is 11.3 Å². The molecule has 2 rings (SSSR count). The predicted molar refractivity (Wildman–Crippen MR) is 88.5 cm³/mol. The van der Waals surface area contributed by atoms with E-state index in [-0.39, 0.29) is 18.2 Å². The first-order valence-electron chi connectivity index (χ1n) is 6.66. The SMILES string of the molecule is Cc1cc(Cl)ccc1NCC(=O)N/N=C/c1ccccc1O. The van der Waals surface area contributed by atoms with Gasteiger partial charge in [-0.1, -0.05) is 23.7 Å². The molecule has 0 heterocycles. The Morgan fingerprint density at radius 3 is 2.82 bits per heavy atom. The molecular formula is C16H16ClN3O2. The van der Waals surface area contributed by atoms with E-state index in [1.54, 1.807) is 30.3 Å². The minimum absolute atomic E-state index is 0.0839. The summed E-state index contributed by atoms with van der Waals surface area (Å²) in [5.41, 5.74) is 4.72. The summed E-state index contributed by atoms with van der Waals surface area (Å²) in [6.45, 7) is 1.99. The summed E-state index contributed by atoms with van der Waals surface area (Å²) < 4.78 is 0. The third-order valence-corrected chi connectivity index (χ3v) is 3.19. The highest BCUT2D eigenvalue weighted by atomic mass is 35.5. The summed E-state index contributed by atoms with van der Waals surface area (Å²) in [6, 6.07) is 12.1. The van der Waals surface area contributed by atoms with E-state index in [2.05, 4.69) is 15.8 Å². The third-order valence-electron chi connectivity index (χ3n) is 2.96. The highest BCUT2D eigenvalue weighted by Gasteiger charge is 2.02. The average molecular weight is 318 g/mol. The molecule has 3 N–H and O–H groups in total. The lowest BCUT2D eigenvalue weighted by molar-refractivity contribution is -0.119. The normalized spacial score (nSPS) is 10.6. The lowest BCUT2D eigenvalue weighted by atomic mass is 10.2. The van der Waals surface area contributed by atoms with Crippen molar-refractivity contribution in [1.82, 2.24) is 5.43 Å². The molecule has 0 saturated heterocycles. The fourth-order valence-electron chi connectivity index (χ4n) is 1.81. The molecule has 0 aromatic heterocycles. The maximum atomic E-state index is 11.7. The fourth-order valence-corrected chi connectivity index (χ4v) is 2.04. The first-order chi connectivity index (χ1) is 10.6. The summed E-state index contributed by atoms with van der Waals surface area (Å²) in [7, 11) is 0. The van der Waals surface area contributed by atoms with Gasteiger partial charge in [0.15, 0.2) is 0 Å². The van der Waals surface area contributed by atoms with Crippen molar-refractivity contribution in [2.75, 3.05) is 11.9 Å². The Kier molecular flexibility index (Phi) is 5.38. The zero-order valence-electron chi connectivity index (χ0n) is 12.0. The second-order valence-electron chi connectivity index (χ2n) is 4.66. The Balaban J connectivity index is 1.84. The number of halogens is 1. The lowest BCUT2D eigenvalue weighted by Gasteiger charge is -2.08. The van der Waals surface area contributed by atoms with E-state index in [9.17, 15) is 9.90 Å². The summed E-state index contributed by atoms with van der Waals surface area (Å²) in [4.78, 5) is 11.7. The number of anilines is 1. The fraction of sp³-hybridized carbons (Fsp3) is 0.125. The van der Waals surface area contributed by atoms with Gasteiger partial charge in [0.25, 0.3) is 5.91 Å². The van der Waals surface area contributed by atoms with E-state index < -0.39 is 0 Å². The summed E-state index contributed by atoms with van der Waals surface area (Å²) >= 11 is 5.87. The van der Waals surface area contributed by atoms with Gasteiger partial charge in [-0.25, -0.2) is 5.43 Å². The van der Waals surface area contributed by atoms with Crippen molar-refractivity contribution in [3.8, 4) is 5.75 Å². The Labute approximate surface area is 133 Å². The lowest BCUT2D eigenvalue weighted by Crippen LogP contribution is -2.26. The number of carbonyl (C=O) groups is 1. The van der Waals surface area contributed by atoms with Crippen LogP contribution < -0.4 is 10.7 Å². The molecule has 2 aromatic rings. The Bertz CT molecular complexity index is 702. The second kappa shape index (κ2) is 7.47. The van der Waals surface area contributed by atoms with Crippen molar-refractivity contribution in [2.45, 2.75) is 6.92 Å². The first-order valence-corrected chi connectivity index (χ1v) is 7.04. The van der Waals surface area contributed by atoms with Crippen molar-refractivity contribution in [2.24, 2.45) is 5.10 Å². The highest BCUT2D eigenvalue weighted by Crippen LogP contribution is 2.19. The Morgan fingerprint density at radius 1 is 1.32 bits per heavy atom. The van der Waals surface area contributed by atoms with Crippen molar-refractivity contribution in [3.63, 3.8) is 0 Å². The summed E-state index contributed by atoms with van der Waals surface area (Å²) in [6.07, 6.45) is 1.39. The van der Waals surface area contributed by atoms with Gasteiger partial charge in [-0.05, 0) is 42.8 Å². The van der Waals surface area contributed by atoms with E-state index in [1.165, 1.54) is 6.21 Å². The maximum Gasteiger partial charge on any atom is 0.259 e. The van der Waals surface area contributed by atoms with E-state index in [0.29, 0.717) is 10.6 Å². The van der Waals surface area contributed by atoms with Crippen LogP contribution in [0.1, 0.15) is 11.1 Å². The van der Waals surface area contributed by atoms with Gasteiger partial charge < -0.3 is 10.4 Å². The number of rotatable bonds is 5. The molecule has 0 saturated carbocycles. The van der Waals surface area contributed by atoms with E-state index in [1.807, 2.05) is 19.1 Å². The molecule has 0 atom stereocenters. The van der Waals surface area contributed by atoms with E-state index >= 15 is 0 Å². The monoisotopic (exact) mass is 317 g/mol. The van der Waals surface area contributed by atoms with Crippen LogP contribution >= 0.6 is 11.6 Å². The minimum Gasteiger partial charge on any atom is -0.507 e. The summed E-state index contributed by atoms with van der Waals surface area (Å²) in [5, 5.41) is 17.0. The Hall–Kier alpha value is -2.53. The number of nitrogens with zero attached hydrogens (tertiary/aromatic N) is 1. The number of phenolic OH excluding ortho intramolecular Hbond substituents is 1. The number of hydrazone groups is 1. The number of nitrogens with one attached hydrogen (secondary N) is 2. The van der Waals surface area contributed by atoms with Crippen molar-refractivity contribution in [3.05, 3.63) is 58.6 Å². The van der Waals surface area contributed by atoms with Crippen LogP contribution in [0.25, 0.3) is 0 Å². The van der Waals surface area contributed by atoms with Gasteiger partial charge >= 0.3 is 0 Å². The van der Waals surface area contributed by atoms with Crippen molar-refractivity contribution >= 4 is 29.4 Å². The molecule has 0 spiro atoms. The van der Waals surface area contributed by atoms with Crippen LogP contribution in [0.3, 0.4) is 0 Å². The number of benzene rings is 2. The third kappa shape index (κ3) is 4.49. The molecule has 0 aliphatic rings. The maximum absolute atomic E-state index is 11.7. The van der Waals surface area contributed by atoms with Crippen molar-refractivity contribution in [1.29, 1.82) is 0 Å². The zero-order chi connectivity index (χ0) is 15.9. The molecule has 0 bridgehead atoms. The molecule has 2 aromatic carbocycles. The Morgan fingerprint density at radius 2 is 2.09 bits per heavy atom. The second-order valence-corrected chi connectivity index (χ2v) is 5.10. The molecule has 22 heavy (non-hydrogen) atoms. The molecule has 1 amide bonds. The van der Waals surface area contributed by atoms with Gasteiger partial charge in [0.05, 0.1) is 12.8 Å². The van der Waals surface area contributed by atoms with Crippen LogP contribution in [0, 0.1) is 6.92 Å². The predicted octanol–water partition coefficient (Wildman–Crippen LogP) is 2.92. The van der Waals surface area contributed by atoms with Gasteiger partial charge in [0.1, 0.15) is 5.75 Å². The smallest absolute Gasteiger partial charge is 0.259 e. The number of carbonyl (C=O) groups excluding carboxylic acids is 1. The summed E-state index contributed by atoms with van der Waals surface area (Å²) in [5.74, 6) is -0.184. The van der Waals surface area contributed by atoms with Gasteiger partial charge in [0, 0.05) is 16.3 Å². The molecule has 0 aliphatic carbocycles. The van der Waals surface area contributed by atoms with Crippen molar-refractivity contribution < 1.29 is 9.90 Å². The van der Waals surface area contributed by atoms with Crippen LogP contribution in [-0.4, -0.2) is 23.8 Å². The number of amides is 1. The van der Waals surface area contributed by atoms with Gasteiger partial charge in [-0.15, -0.1) is 0 Å². The van der Waals surface area contributed by atoms with Crippen LogP contribution in [-0.2, 0) is 4.79 Å². The molecular weight excluding hydrogens is 302 g/mol.